The molecule has 15 heavy (non-hydrogen) atoms. The van der Waals surface area contributed by atoms with Crippen molar-refractivity contribution in [3.05, 3.63) is 0 Å². The van der Waals surface area contributed by atoms with Gasteiger partial charge in [-0.2, -0.15) is 0 Å². The molecule has 0 spiro atoms. The van der Waals surface area contributed by atoms with Crippen LogP contribution in [0.5, 0.6) is 0 Å². The van der Waals surface area contributed by atoms with Crippen LogP contribution in [0.25, 0.3) is 0 Å². The molecule has 1 aliphatic heterocycles. The van der Waals surface area contributed by atoms with Crippen molar-refractivity contribution in [3.8, 4) is 0 Å². The van der Waals surface area contributed by atoms with Gasteiger partial charge in [0.05, 0.1) is 5.25 Å². The Morgan fingerprint density at radius 1 is 1.20 bits per heavy atom. The van der Waals surface area contributed by atoms with Gasteiger partial charge in [-0.3, -0.25) is 4.90 Å². The summed E-state index contributed by atoms with van der Waals surface area (Å²) in [5.41, 5.74) is 0. The van der Waals surface area contributed by atoms with Crippen LogP contribution in [0.1, 0.15) is 19.3 Å². The molecule has 0 aromatic carbocycles. The van der Waals surface area contributed by atoms with Crippen LogP contribution in [0.3, 0.4) is 0 Å². The normalized spacial score (nSPS) is 34.5. The Hall–Kier alpha value is -0.130. The van der Waals surface area contributed by atoms with Gasteiger partial charge in [-0.15, -0.1) is 0 Å². The summed E-state index contributed by atoms with van der Waals surface area (Å²) in [5.74, 6) is 0. The van der Waals surface area contributed by atoms with Crippen LogP contribution < -0.4 is 5.32 Å². The zero-order valence-electron chi connectivity index (χ0n) is 9.28. The van der Waals surface area contributed by atoms with Crippen LogP contribution in [0.15, 0.2) is 0 Å². The first kappa shape index (κ1) is 11.4. The van der Waals surface area contributed by atoms with Crippen LogP contribution in [0.2, 0.25) is 0 Å². The quantitative estimate of drug-likeness (QED) is 0.720. The van der Waals surface area contributed by atoms with Crippen LogP contribution in [0.4, 0.5) is 0 Å². The third kappa shape index (κ3) is 2.52. The van der Waals surface area contributed by atoms with Crippen molar-refractivity contribution in [2.75, 3.05) is 32.4 Å². The van der Waals surface area contributed by atoms with Gasteiger partial charge in [0.15, 0.2) is 9.84 Å². The van der Waals surface area contributed by atoms with E-state index in [-0.39, 0.29) is 11.3 Å². The monoisotopic (exact) mass is 232 g/mol. The Balaban J connectivity index is 2.07. The van der Waals surface area contributed by atoms with Crippen molar-refractivity contribution in [3.63, 3.8) is 0 Å². The summed E-state index contributed by atoms with van der Waals surface area (Å²) in [6.07, 6.45) is 4.36. The second kappa shape index (κ2) is 4.39. The number of nitrogens with zero attached hydrogens (tertiary/aromatic N) is 1. The summed E-state index contributed by atoms with van der Waals surface area (Å²) < 4.78 is 23.3. The minimum Gasteiger partial charge on any atom is -0.314 e. The highest BCUT2D eigenvalue weighted by molar-refractivity contribution is 7.91. The highest BCUT2D eigenvalue weighted by Crippen LogP contribution is 2.29. The molecule has 2 aliphatic rings. The third-order valence-electron chi connectivity index (χ3n) is 3.59. The molecule has 2 atom stereocenters. The largest absolute Gasteiger partial charge is 0.314 e. The van der Waals surface area contributed by atoms with Gasteiger partial charge in [0, 0.05) is 38.5 Å². The standard InChI is InChI=1S/C10H20N2O2S/c1-15(13,14)10-4-2-3-9(10)12-7-5-11-6-8-12/h9-11H,2-8H2,1H3. The van der Waals surface area contributed by atoms with Crippen molar-refractivity contribution in [2.45, 2.75) is 30.6 Å². The Morgan fingerprint density at radius 3 is 2.47 bits per heavy atom. The Morgan fingerprint density at radius 2 is 1.87 bits per heavy atom. The van der Waals surface area contributed by atoms with E-state index in [1.165, 1.54) is 6.26 Å². The maximum absolute atomic E-state index is 11.6. The molecule has 0 amide bonds. The number of hydrogen-bond acceptors (Lipinski definition) is 4. The first-order chi connectivity index (χ1) is 7.09. The summed E-state index contributed by atoms with van der Waals surface area (Å²) in [7, 11) is -2.86. The summed E-state index contributed by atoms with van der Waals surface area (Å²) in [4.78, 5) is 2.36. The van der Waals surface area contributed by atoms with Gasteiger partial charge in [0.25, 0.3) is 0 Å². The molecular weight excluding hydrogens is 212 g/mol. The predicted octanol–water partition coefficient (Wildman–Crippen LogP) is -0.143. The SMILES string of the molecule is CS(=O)(=O)C1CCCC1N1CCNCC1. The van der Waals surface area contributed by atoms with Crippen molar-refractivity contribution < 1.29 is 8.42 Å². The van der Waals surface area contributed by atoms with Crippen LogP contribution in [-0.2, 0) is 9.84 Å². The molecule has 88 valence electrons. The average molecular weight is 232 g/mol. The molecule has 0 bridgehead atoms. The molecule has 0 aromatic heterocycles. The highest BCUT2D eigenvalue weighted by atomic mass is 32.2. The fourth-order valence-electron chi connectivity index (χ4n) is 2.84. The average Bonchev–Trinajstić information content (AvgIpc) is 2.67. The molecule has 1 N–H and O–H groups in total. The van der Waals surface area contributed by atoms with E-state index in [2.05, 4.69) is 10.2 Å². The van der Waals surface area contributed by atoms with E-state index >= 15 is 0 Å². The maximum atomic E-state index is 11.6. The van der Waals surface area contributed by atoms with E-state index in [0.717, 1.165) is 45.4 Å². The van der Waals surface area contributed by atoms with E-state index in [1.807, 2.05) is 0 Å². The summed E-state index contributed by atoms with van der Waals surface area (Å²) in [6, 6.07) is 0.280. The van der Waals surface area contributed by atoms with Crippen LogP contribution >= 0.6 is 0 Å². The maximum Gasteiger partial charge on any atom is 0.151 e. The minimum absolute atomic E-state index is 0.115. The van der Waals surface area contributed by atoms with Gasteiger partial charge < -0.3 is 5.32 Å². The number of piperazine rings is 1. The topological polar surface area (TPSA) is 49.4 Å². The highest BCUT2D eigenvalue weighted by Gasteiger charge is 2.38. The van der Waals surface area contributed by atoms with Gasteiger partial charge in [-0.1, -0.05) is 6.42 Å². The van der Waals surface area contributed by atoms with E-state index in [0.29, 0.717) is 0 Å². The number of sulfone groups is 1. The van der Waals surface area contributed by atoms with Crippen molar-refractivity contribution in [2.24, 2.45) is 0 Å². The third-order valence-corrected chi connectivity index (χ3v) is 5.24. The molecule has 1 heterocycles. The minimum atomic E-state index is -2.86. The second-order valence-electron chi connectivity index (χ2n) is 4.65. The second-order valence-corrected chi connectivity index (χ2v) is 6.92. The Bertz CT molecular complexity index is 309. The molecule has 2 unspecified atom stereocenters. The first-order valence-corrected chi connectivity index (χ1v) is 7.68. The van der Waals surface area contributed by atoms with Crippen molar-refractivity contribution in [1.29, 1.82) is 0 Å². The number of rotatable bonds is 2. The zero-order chi connectivity index (χ0) is 10.9. The molecule has 1 saturated heterocycles. The smallest absolute Gasteiger partial charge is 0.151 e. The summed E-state index contributed by atoms with van der Waals surface area (Å²) in [6.45, 7) is 3.98. The molecule has 1 aliphatic carbocycles. The van der Waals surface area contributed by atoms with Crippen LogP contribution in [-0.4, -0.2) is 57.0 Å². The van der Waals surface area contributed by atoms with Gasteiger partial charge >= 0.3 is 0 Å². The van der Waals surface area contributed by atoms with Gasteiger partial charge in [0.1, 0.15) is 0 Å². The molecule has 0 radical (unpaired) electrons. The lowest BCUT2D eigenvalue weighted by Crippen LogP contribution is -2.52. The van der Waals surface area contributed by atoms with Gasteiger partial charge in [0.2, 0.25) is 0 Å². The number of nitrogens with one attached hydrogen (secondary N) is 1. The Labute approximate surface area is 91.9 Å². The molecule has 1 saturated carbocycles. The molecule has 2 fully saturated rings. The molecule has 0 aromatic rings. The molecule has 4 nitrogen and oxygen atoms in total. The van der Waals surface area contributed by atoms with Crippen molar-refractivity contribution in [1.82, 2.24) is 10.2 Å². The molecular formula is C10H20N2O2S. The van der Waals surface area contributed by atoms with E-state index in [4.69, 9.17) is 0 Å². The fraction of sp³-hybridized carbons (Fsp3) is 1.00. The summed E-state index contributed by atoms with van der Waals surface area (Å²) in [5, 5.41) is 3.19. The van der Waals surface area contributed by atoms with E-state index < -0.39 is 9.84 Å². The lowest BCUT2D eigenvalue weighted by Gasteiger charge is -2.35. The molecule has 2 rings (SSSR count). The van der Waals surface area contributed by atoms with E-state index in [9.17, 15) is 8.42 Å². The number of hydrogen-bond donors (Lipinski definition) is 1. The lowest BCUT2D eigenvalue weighted by molar-refractivity contribution is 0.177. The summed E-state index contributed by atoms with van der Waals surface area (Å²) >= 11 is 0. The zero-order valence-corrected chi connectivity index (χ0v) is 10.1. The van der Waals surface area contributed by atoms with Gasteiger partial charge in [-0.25, -0.2) is 8.42 Å². The van der Waals surface area contributed by atoms with Gasteiger partial charge in [-0.05, 0) is 12.8 Å². The fourth-order valence-corrected chi connectivity index (χ4v) is 4.31. The van der Waals surface area contributed by atoms with Crippen LogP contribution in [0, 0.1) is 0 Å². The van der Waals surface area contributed by atoms with E-state index in [1.54, 1.807) is 0 Å². The molecule has 5 heteroatoms. The predicted molar refractivity (Wildman–Crippen MR) is 60.7 cm³/mol. The Kier molecular flexibility index (Phi) is 3.33. The van der Waals surface area contributed by atoms with Crippen molar-refractivity contribution >= 4 is 9.84 Å². The first-order valence-electron chi connectivity index (χ1n) is 5.72. The lowest BCUT2D eigenvalue weighted by atomic mass is 10.2.